The maximum absolute atomic E-state index is 12.6. The van der Waals surface area contributed by atoms with E-state index < -0.39 is 14.2 Å². The number of fused-ring (bicyclic) bond motifs is 3. The van der Waals surface area contributed by atoms with Gasteiger partial charge in [-0.15, -0.1) is 0 Å². The van der Waals surface area contributed by atoms with Gasteiger partial charge in [0.25, 0.3) is 0 Å². The Morgan fingerprint density at radius 2 is 2.03 bits per heavy atom. The fourth-order valence-corrected chi connectivity index (χ4v) is 5.16. The fourth-order valence-electron chi connectivity index (χ4n) is 4.40. The first kappa shape index (κ1) is 22.5. The Labute approximate surface area is 188 Å². The number of rotatable bonds is 6. The van der Waals surface area contributed by atoms with Gasteiger partial charge >= 0.3 is 6.09 Å². The van der Waals surface area contributed by atoms with E-state index in [1.54, 1.807) is 18.5 Å². The topological polar surface area (TPSA) is 89.6 Å². The van der Waals surface area contributed by atoms with Gasteiger partial charge in [0.05, 0.1) is 16.9 Å². The SMILES string of the molecule is CC1CCN(C(=O)O)CC1n1ccc(=O)c2cnc3c(ccn3COCC[Si](C)(C)C)c21. The Morgan fingerprint density at radius 3 is 2.75 bits per heavy atom. The largest absolute Gasteiger partial charge is 0.465 e. The molecule has 4 rings (SSSR count). The van der Waals surface area contributed by atoms with E-state index >= 15 is 0 Å². The van der Waals surface area contributed by atoms with Crippen molar-refractivity contribution in [2.24, 2.45) is 5.92 Å². The van der Waals surface area contributed by atoms with E-state index in [1.165, 1.54) is 4.90 Å². The average molecular weight is 457 g/mol. The van der Waals surface area contributed by atoms with Crippen LogP contribution in [0.15, 0.2) is 35.5 Å². The molecule has 1 fully saturated rings. The summed E-state index contributed by atoms with van der Waals surface area (Å²) in [5, 5.41) is 11.0. The minimum Gasteiger partial charge on any atom is -0.465 e. The summed E-state index contributed by atoms with van der Waals surface area (Å²) in [5.74, 6) is 0.284. The molecule has 9 heteroatoms. The predicted octanol–water partition coefficient (Wildman–Crippen LogP) is 4.22. The number of hydrogen-bond donors (Lipinski definition) is 1. The molecule has 1 aliphatic rings. The van der Waals surface area contributed by atoms with Crippen LogP contribution in [0, 0.1) is 5.92 Å². The van der Waals surface area contributed by atoms with Crippen molar-refractivity contribution in [3.05, 3.63) is 40.9 Å². The summed E-state index contributed by atoms with van der Waals surface area (Å²) in [6.45, 7) is 11.2. The molecule has 1 aliphatic heterocycles. The highest BCUT2D eigenvalue weighted by molar-refractivity contribution is 6.76. The smallest absolute Gasteiger partial charge is 0.407 e. The van der Waals surface area contributed by atoms with Crippen LogP contribution in [0.4, 0.5) is 4.79 Å². The Morgan fingerprint density at radius 1 is 1.25 bits per heavy atom. The van der Waals surface area contributed by atoms with Crippen molar-refractivity contribution < 1.29 is 14.6 Å². The van der Waals surface area contributed by atoms with E-state index in [0.717, 1.165) is 35.6 Å². The molecule has 0 saturated carbocycles. The Balaban J connectivity index is 1.73. The highest BCUT2D eigenvalue weighted by Gasteiger charge is 2.31. The molecule has 32 heavy (non-hydrogen) atoms. The zero-order valence-corrected chi connectivity index (χ0v) is 20.2. The van der Waals surface area contributed by atoms with Crippen LogP contribution in [-0.4, -0.2) is 58.0 Å². The van der Waals surface area contributed by atoms with Crippen LogP contribution in [-0.2, 0) is 11.5 Å². The molecular formula is C23H32N4O4Si. The van der Waals surface area contributed by atoms with Gasteiger partial charge in [-0.3, -0.25) is 4.79 Å². The van der Waals surface area contributed by atoms with Crippen molar-refractivity contribution in [1.29, 1.82) is 0 Å². The number of pyridine rings is 2. The summed E-state index contributed by atoms with van der Waals surface area (Å²) >= 11 is 0. The summed E-state index contributed by atoms with van der Waals surface area (Å²) in [7, 11) is -1.16. The Kier molecular flexibility index (Phi) is 6.13. The molecule has 4 heterocycles. The van der Waals surface area contributed by atoms with Gasteiger partial charge in [-0.1, -0.05) is 26.6 Å². The molecule has 2 atom stereocenters. The monoisotopic (exact) mass is 456 g/mol. The van der Waals surface area contributed by atoms with Crippen LogP contribution < -0.4 is 5.43 Å². The van der Waals surface area contributed by atoms with Crippen LogP contribution >= 0.6 is 0 Å². The summed E-state index contributed by atoms with van der Waals surface area (Å²) in [6.07, 6.45) is 5.27. The number of nitrogens with zero attached hydrogens (tertiary/aromatic N) is 4. The van der Waals surface area contributed by atoms with Crippen molar-refractivity contribution >= 4 is 36.1 Å². The van der Waals surface area contributed by atoms with Crippen molar-refractivity contribution in [2.75, 3.05) is 19.7 Å². The average Bonchev–Trinajstić information content (AvgIpc) is 3.14. The van der Waals surface area contributed by atoms with Crippen LogP contribution in [0.1, 0.15) is 19.4 Å². The van der Waals surface area contributed by atoms with E-state index in [-0.39, 0.29) is 17.4 Å². The lowest BCUT2D eigenvalue weighted by molar-refractivity contribution is 0.0899. The second kappa shape index (κ2) is 8.71. The molecule has 0 aliphatic carbocycles. The maximum Gasteiger partial charge on any atom is 0.407 e. The van der Waals surface area contributed by atoms with Crippen molar-refractivity contribution in [3.8, 4) is 0 Å². The molecule has 1 saturated heterocycles. The van der Waals surface area contributed by atoms with Crippen LogP contribution in [0.3, 0.4) is 0 Å². The molecule has 0 bridgehead atoms. The van der Waals surface area contributed by atoms with Crippen molar-refractivity contribution in [3.63, 3.8) is 0 Å². The van der Waals surface area contributed by atoms with Gasteiger partial charge in [0, 0.05) is 57.8 Å². The predicted molar refractivity (Wildman–Crippen MR) is 128 cm³/mol. The Bertz CT molecular complexity index is 1200. The maximum atomic E-state index is 12.6. The molecule has 8 nitrogen and oxygen atoms in total. The number of likely N-dealkylation sites (tertiary alicyclic amines) is 1. The van der Waals surface area contributed by atoms with Gasteiger partial charge in [-0.2, -0.15) is 0 Å². The van der Waals surface area contributed by atoms with Crippen molar-refractivity contribution in [1.82, 2.24) is 19.0 Å². The summed E-state index contributed by atoms with van der Waals surface area (Å²) in [6, 6.07) is 4.58. The number of carbonyl (C=O) groups is 1. The first-order chi connectivity index (χ1) is 15.2. The van der Waals surface area contributed by atoms with Crippen LogP contribution in [0.2, 0.25) is 25.7 Å². The molecular weight excluding hydrogens is 424 g/mol. The van der Waals surface area contributed by atoms with E-state index in [0.29, 0.717) is 25.2 Å². The molecule has 0 aromatic carbocycles. The quantitative estimate of drug-likeness (QED) is 0.443. The molecule has 3 aromatic rings. The van der Waals surface area contributed by atoms with Gasteiger partial charge in [0.2, 0.25) is 0 Å². The lowest BCUT2D eigenvalue weighted by Gasteiger charge is -2.37. The number of ether oxygens (including phenoxy) is 1. The molecule has 172 valence electrons. The van der Waals surface area contributed by atoms with E-state index in [9.17, 15) is 14.7 Å². The number of aromatic nitrogens is 3. The summed E-state index contributed by atoms with van der Waals surface area (Å²) in [4.78, 5) is 30.3. The van der Waals surface area contributed by atoms with Gasteiger partial charge in [-0.25, -0.2) is 9.78 Å². The van der Waals surface area contributed by atoms with Crippen LogP contribution in [0.5, 0.6) is 0 Å². The number of hydrogen-bond acceptors (Lipinski definition) is 4. The first-order valence-electron chi connectivity index (χ1n) is 11.2. The number of piperidine rings is 1. The third-order valence-electron chi connectivity index (χ3n) is 6.44. The normalized spacial score (nSPS) is 19.7. The Hall–Kier alpha value is -2.65. The first-order valence-corrected chi connectivity index (χ1v) is 14.9. The van der Waals surface area contributed by atoms with Crippen molar-refractivity contribution in [2.45, 2.75) is 51.8 Å². The summed E-state index contributed by atoms with van der Waals surface area (Å²) in [5.41, 5.74) is 1.50. The van der Waals surface area contributed by atoms with Crippen LogP contribution in [0.25, 0.3) is 21.9 Å². The number of carboxylic acid groups (broad SMARTS) is 1. The van der Waals surface area contributed by atoms with Gasteiger partial charge in [0.15, 0.2) is 5.43 Å². The van der Waals surface area contributed by atoms with E-state index in [1.807, 2.05) is 16.8 Å². The van der Waals surface area contributed by atoms with E-state index in [4.69, 9.17) is 4.74 Å². The molecule has 0 spiro atoms. The molecule has 2 unspecified atom stereocenters. The number of amides is 1. The third-order valence-corrected chi connectivity index (χ3v) is 8.15. The lowest BCUT2D eigenvalue weighted by atomic mass is 9.92. The van der Waals surface area contributed by atoms with Gasteiger partial charge < -0.3 is 23.9 Å². The second-order valence-corrected chi connectivity index (χ2v) is 15.7. The van der Waals surface area contributed by atoms with Gasteiger partial charge in [0.1, 0.15) is 12.4 Å². The fraction of sp³-hybridized carbons (Fsp3) is 0.522. The minimum absolute atomic E-state index is 0.0510. The molecule has 1 N–H and O–H groups in total. The highest BCUT2D eigenvalue weighted by Crippen LogP contribution is 2.32. The second-order valence-electron chi connectivity index (χ2n) is 10.0. The third kappa shape index (κ3) is 4.45. The zero-order valence-electron chi connectivity index (χ0n) is 19.2. The lowest BCUT2D eigenvalue weighted by Crippen LogP contribution is -2.43. The van der Waals surface area contributed by atoms with E-state index in [2.05, 4.69) is 36.1 Å². The zero-order chi connectivity index (χ0) is 23.0. The molecule has 3 aromatic heterocycles. The molecule has 1 amide bonds. The highest BCUT2D eigenvalue weighted by atomic mass is 28.3. The molecule has 0 radical (unpaired) electrons. The minimum atomic E-state index is -1.16. The van der Waals surface area contributed by atoms with Gasteiger partial charge in [-0.05, 0) is 24.4 Å². The standard InChI is InChI=1S/C23H32N4O4Si/c1-16-5-8-25(23(29)30)14-19(16)27-10-7-20(28)18-13-24-22-17(21(18)27)6-9-26(22)15-31-11-12-32(2,3)4/h6-7,9-10,13,16,19H,5,8,11-12,14-15H2,1-4H3,(H,29,30). The summed E-state index contributed by atoms with van der Waals surface area (Å²) < 4.78 is 9.97.